The minimum absolute atomic E-state index is 0.359. The molecule has 0 rings (SSSR count). The van der Waals surface area contributed by atoms with Crippen molar-refractivity contribution in [3.63, 3.8) is 0 Å². The molecule has 0 fully saturated rings. The van der Waals surface area contributed by atoms with Crippen molar-refractivity contribution < 1.29 is 0 Å². The number of hydrogen-bond donors (Lipinski definition) is 4. The van der Waals surface area contributed by atoms with E-state index in [1.165, 1.54) is 0 Å². The maximum Gasteiger partial charge on any atom is 0.258 e. The third kappa shape index (κ3) is 2.69. The quantitative estimate of drug-likeness (QED) is 0.124. The average Bonchev–Trinajstić information content (AvgIpc) is 1.68. The highest BCUT2D eigenvalue weighted by molar-refractivity contribution is 5.76. The van der Waals surface area contributed by atoms with Gasteiger partial charge in [0.1, 0.15) is 0 Å². The second-order valence-electron chi connectivity index (χ2n) is 0.788. The first kappa shape index (κ1) is 6.47. The molecule has 0 aliphatic rings. The Morgan fingerprint density at radius 2 is 2.25 bits per heavy atom. The summed E-state index contributed by atoms with van der Waals surface area (Å²) >= 11 is 0. The predicted molar refractivity (Wildman–Crippen MR) is 25.1 cm³/mol. The fourth-order valence-corrected chi connectivity index (χ4v) is 0.133. The van der Waals surface area contributed by atoms with Gasteiger partial charge in [0, 0.05) is 0 Å². The van der Waals surface area contributed by atoms with Crippen LogP contribution >= 0.6 is 0 Å². The molecule has 0 saturated heterocycles. The Balaban J connectivity index is 3.48. The van der Waals surface area contributed by atoms with Crippen LogP contribution in [0.4, 0.5) is 0 Å². The Bertz CT molecular complexity index is 112. The Hall–Kier alpha value is -1.53. The molecule has 0 aromatic rings. The van der Waals surface area contributed by atoms with E-state index < -0.39 is 0 Å². The van der Waals surface area contributed by atoms with Crippen molar-refractivity contribution in [3.05, 3.63) is 0 Å². The van der Waals surface area contributed by atoms with Crippen LogP contribution in [0.25, 0.3) is 0 Å². The monoisotopic (exact) mass is 115 g/mol. The molecule has 0 amide bonds. The zero-order valence-corrected chi connectivity index (χ0v) is 3.92. The maximum atomic E-state index is 6.62. The Kier molecular flexibility index (Phi) is 2.95. The number of nitrogens with two attached hydrogens (primary N) is 1. The van der Waals surface area contributed by atoms with Gasteiger partial charge in [0.25, 0.3) is 5.96 Å². The highest BCUT2D eigenvalue weighted by Crippen LogP contribution is 1.67. The molecule has 44 valence electrons. The van der Waals surface area contributed by atoms with Crippen molar-refractivity contribution in [1.82, 2.24) is 5.43 Å². The van der Waals surface area contributed by atoms with Gasteiger partial charge < -0.3 is 5.84 Å². The van der Waals surface area contributed by atoms with Gasteiger partial charge in [-0.3, -0.25) is 5.41 Å². The van der Waals surface area contributed by atoms with E-state index in [1.54, 1.807) is 0 Å². The first-order valence-electron chi connectivity index (χ1n) is 1.63. The summed E-state index contributed by atoms with van der Waals surface area (Å²) in [4.78, 5) is 0. The summed E-state index contributed by atoms with van der Waals surface area (Å²) < 4.78 is 0. The smallest absolute Gasteiger partial charge is 0.258 e. The van der Waals surface area contributed by atoms with Crippen LogP contribution in [0.1, 0.15) is 0 Å². The van der Waals surface area contributed by atoms with Crippen molar-refractivity contribution in [1.29, 1.82) is 10.9 Å². The van der Waals surface area contributed by atoms with E-state index in [4.69, 9.17) is 10.9 Å². The van der Waals surface area contributed by atoms with Crippen molar-refractivity contribution in [2.75, 3.05) is 0 Å². The first-order valence-corrected chi connectivity index (χ1v) is 1.63. The summed E-state index contributed by atoms with van der Waals surface area (Å²) in [7, 11) is 0. The second kappa shape index (κ2) is 3.65. The van der Waals surface area contributed by atoms with Crippen LogP contribution in [0.3, 0.4) is 0 Å². The molecule has 5 N–H and O–H groups in total. The number of rotatable bonds is 1. The molecule has 0 atom stereocenters. The van der Waals surface area contributed by atoms with Gasteiger partial charge in [-0.25, -0.2) is 5.43 Å². The van der Waals surface area contributed by atoms with Gasteiger partial charge in [0.2, 0.25) is 0 Å². The summed E-state index contributed by atoms with van der Waals surface area (Å²) in [6, 6.07) is 0. The molecule has 0 aromatic carbocycles. The largest absolute Gasteiger partial charge is 0.304 e. The molecule has 0 spiro atoms. The maximum absolute atomic E-state index is 6.62. The van der Waals surface area contributed by atoms with Gasteiger partial charge in [-0.1, -0.05) is 15.6 Å². The molecular weight excluding hydrogens is 110 g/mol. The van der Waals surface area contributed by atoms with Gasteiger partial charge >= 0.3 is 0 Å². The minimum Gasteiger partial charge on any atom is -0.304 e. The Morgan fingerprint density at radius 3 is 2.62 bits per heavy atom. The summed E-state index contributed by atoms with van der Waals surface area (Å²) in [6.07, 6.45) is 0. The molecule has 0 aliphatic heterocycles. The highest BCUT2D eigenvalue weighted by atomic mass is 15.5. The third-order valence-corrected chi connectivity index (χ3v) is 0.320. The molecule has 0 aliphatic carbocycles. The third-order valence-electron chi connectivity index (χ3n) is 0.320. The van der Waals surface area contributed by atoms with E-state index in [9.17, 15) is 0 Å². The Morgan fingerprint density at radius 1 is 1.62 bits per heavy atom. The van der Waals surface area contributed by atoms with E-state index in [1.807, 2.05) is 5.43 Å². The van der Waals surface area contributed by atoms with E-state index in [0.717, 1.165) is 0 Å². The fraction of sp³-hybridized carbons (Fsp3) is 0. The SMILES string of the molecule is N=NNC(=N)N=NN. The van der Waals surface area contributed by atoms with Crippen molar-refractivity contribution >= 4 is 5.96 Å². The molecule has 7 nitrogen and oxygen atoms in total. The molecule has 0 heterocycles. The fourth-order valence-electron chi connectivity index (χ4n) is 0.133. The van der Waals surface area contributed by atoms with E-state index in [-0.39, 0.29) is 5.96 Å². The van der Waals surface area contributed by atoms with E-state index >= 15 is 0 Å². The van der Waals surface area contributed by atoms with Crippen LogP contribution in [0.2, 0.25) is 0 Å². The van der Waals surface area contributed by atoms with Crippen LogP contribution < -0.4 is 11.3 Å². The van der Waals surface area contributed by atoms with Gasteiger partial charge in [-0.2, -0.15) is 5.53 Å². The normalized spacial score (nSPS) is 9.00. The topological polar surface area (TPSA) is 123 Å². The van der Waals surface area contributed by atoms with Crippen LogP contribution in [-0.2, 0) is 0 Å². The van der Waals surface area contributed by atoms with Crippen molar-refractivity contribution in [3.8, 4) is 0 Å². The average molecular weight is 115 g/mol. The predicted octanol–water partition coefficient (Wildman–Crippen LogP) is -0.217. The minimum atomic E-state index is -0.359. The molecule has 8 heavy (non-hydrogen) atoms. The summed E-state index contributed by atoms with van der Waals surface area (Å²) in [5.74, 6) is 4.18. The van der Waals surface area contributed by atoms with Crippen molar-refractivity contribution in [2.45, 2.75) is 0 Å². The lowest BCUT2D eigenvalue weighted by molar-refractivity contribution is 0.840. The lowest BCUT2D eigenvalue weighted by atomic mass is 11.1. The van der Waals surface area contributed by atoms with Crippen LogP contribution in [-0.4, -0.2) is 5.96 Å². The van der Waals surface area contributed by atoms with Crippen LogP contribution in [0, 0.1) is 10.9 Å². The molecule has 0 unspecified atom stereocenters. The molecule has 0 radical (unpaired) electrons. The van der Waals surface area contributed by atoms with Crippen LogP contribution in [0.5, 0.6) is 0 Å². The number of nitrogens with zero attached hydrogens (tertiary/aromatic N) is 3. The van der Waals surface area contributed by atoms with E-state index in [0.29, 0.717) is 0 Å². The van der Waals surface area contributed by atoms with Gasteiger partial charge in [-0.15, -0.1) is 0 Å². The van der Waals surface area contributed by atoms with Gasteiger partial charge in [-0.05, 0) is 0 Å². The molecule has 7 heteroatoms. The van der Waals surface area contributed by atoms with E-state index in [2.05, 4.69) is 21.4 Å². The first-order chi connectivity index (χ1) is 3.81. The van der Waals surface area contributed by atoms with Crippen molar-refractivity contribution in [2.24, 2.45) is 21.4 Å². The summed E-state index contributed by atoms with van der Waals surface area (Å²) in [5.41, 5.74) is 8.02. The van der Waals surface area contributed by atoms with Crippen LogP contribution in [0.15, 0.2) is 15.6 Å². The zero-order valence-electron chi connectivity index (χ0n) is 3.92. The molecule has 0 saturated carbocycles. The number of nitrogens with one attached hydrogen (secondary N) is 3. The zero-order chi connectivity index (χ0) is 6.41. The molecule has 0 bridgehead atoms. The molecular formula is CH5N7. The second-order valence-corrected chi connectivity index (χ2v) is 0.788. The lowest BCUT2D eigenvalue weighted by Gasteiger charge is -1.86. The standard InChI is InChI=1S/CH5N7/c2-1(5-7-3)6-8-4/h(H5,2,3,4,5,6). The number of guanidine groups is 1. The Labute approximate surface area is 44.9 Å². The highest BCUT2D eigenvalue weighted by Gasteiger charge is 1.83. The lowest BCUT2D eigenvalue weighted by Crippen LogP contribution is -2.11. The summed E-state index contributed by atoms with van der Waals surface area (Å²) in [5, 5.41) is 15.0. The molecule has 0 aromatic heterocycles. The van der Waals surface area contributed by atoms with Gasteiger partial charge in [0.15, 0.2) is 0 Å². The van der Waals surface area contributed by atoms with Gasteiger partial charge in [0.05, 0.1) is 0 Å². The summed E-state index contributed by atoms with van der Waals surface area (Å²) in [6.45, 7) is 0. The number of hydrogen-bond acceptors (Lipinski definition) is 4.